The number of hydrogen-bond donors (Lipinski definition) is 1. The molecule has 0 fully saturated rings. The number of carbonyl (C=O) groups excluding carboxylic acids is 1. The average Bonchev–Trinajstić information content (AvgIpc) is 3.24. The van der Waals surface area contributed by atoms with Crippen LogP contribution in [0.2, 0.25) is 0 Å². The number of rotatable bonds is 7. The molecule has 162 valence electrons. The fraction of sp³-hybridized carbons (Fsp3) is 0.286. The molecule has 0 atom stereocenters. The summed E-state index contributed by atoms with van der Waals surface area (Å²) in [5.41, 5.74) is 2.67. The highest BCUT2D eigenvalue weighted by molar-refractivity contribution is 7.84. The largest absolute Gasteiger partial charge is 0.362 e. The third kappa shape index (κ3) is 4.52. The van der Waals surface area contributed by atoms with Gasteiger partial charge in [-0.25, -0.2) is 4.31 Å². The summed E-state index contributed by atoms with van der Waals surface area (Å²) in [4.78, 5) is 12.5. The number of amides is 1. The zero-order valence-corrected chi connectivity index (χ0v) is 18.3. The van der Waals surface area contributed by atoms with Crippen LogP contribution in [0.15, 0.2) is 36.5 Å². The van der Waals surface area contributed by atoms with Gasteiger partial charge >= 0.3 is 10.3 Å². The van der Waals surface area contributed by atoms with E-state index >= 15 is 0 Å². The minimum atomic E-state index is -4.65. The highest BCUT2D eigenvalue weighted by atomic mass is 32.2. The molecular weight excluding hydrogens is 418 g/mol. The molecule has 0 aliphatic carbocycles. The number of fused-ring (bicyclic) bond motifs is 1. The molecule has 1 aromatic carbocycles. The van der Waals surface area contributed by atoms with Crippen LogP contribution in [0.5, 0.6) is 0 Å². The molecule has 1 N–H and O–H groups in total. The van der Waals surface area contributed by atoms with E-state index in [1.807, 2.05) is 29.8 Å². The van der Waals surface area contributed by atoms with Crippen LogP contribution in [0.3, 0.4) is 0 Å². The summed E-state index contributed by atoms with van der Waals surface area (Å²) >= 11 is 0. The van der Waals surface area contributed by atoms with Crippen LogP contribution in [-0.4, -0.2) is 44.1 Å². The number of aromatic nitrogens is 3. The molecule has 3 rings (SSSR count). The standard InChI is InChI=1S/C21H23N5O4S/c1-4-5-11-26(31(28,29)30)20(27)9-7-18-15(2)23-24(3)21(18)25-12-10-17-13-16(14-22)6-8-19(17)25/h6-10,12-13H,4-5,11H2,1-3H3,(H,28,29,30)/b9-7+. The lowest BCUT2D eigenvalue weighted by Gasteiger charge is -2.16. The lowest BCUT2D eigenvalue weighted by atomic mass is 10.2. The van der Waals surface area contributed by atoms with Gasteiger partial charge < -0.3 is 4.57 Å². The van der Waals surface area contributed by atoms with E-state index in [4.69, 9.17) is 5.26 Å². The number of benzene rings is 1. The first-order valence-corrected chi connectivity index (χ1v) is 11.1. The number of carbonyl (C=O) groups is 1. The summed E-state index contributed by atoms with van der Waals surface area (Å²) in [5.74, 6) is -0.158. The highest BCUT2D eigenvalue weighted by Crippen LogP contribution is 2.26. The average molecular weight is 442 g/mol. The molecule has 3 aromatic rings. The molecule has 0 aliphatic rings. The summed E-state index contributed by atoms with van der Waals surface area (Å²) in [6.07, 6.45) is 5.57. The van der Waals surface area contributed by atoms with Crippen molar-refractivity contribution in [1.29, 1.82) is 5.26 Å². The monoisotopic (exact) mass is 441 g/mol. The van der Waals surface area contributed by atoms with Crippen molar-refractivity contribution in [3.63, 3.8) is 0 Å². The second-order valence-electron chi connectivity index (χ2n) is 7.09. The van der Waals surface area contributed by atoms with E-state index in [-0.39, 0.29) is 6.54 Å². The van der Waals surface area contributed by atoms with Gasteiger partial charge in [0.1, 0.15) is 5.82 Å². The lowest BCUT2D eigenvalue weighted by Crippen LogP contribution is -2.36. The zero-order valence-electron chi connectivity index (χ0n) is 17.5. The molecule has 10 heteroatoms. The van der Waals surface area contributed by atoms with Crippen molar-refractivity contribution in [3.8, 4) is 11.9 Å². The van der Waals surface area contributed by atoms with Crippen LogP contribution in [0.4, 0.5) is 0 Å². The van der Waals surface area contributed by atoms with E-state index in [9.17, 15) is 17.8 Å². The quantitative estimate of drug-likeness (QED) is 0.444. The van der Waals surface area contributed by atoms with Gasteiger partial charge in [0.05, 0.1) is 22.8 Å². The van der Waals surface area contributed by atoms with E-state index in [1.54, 1.807) is 30.8 Å². The van der Waals surface area contributed by atoms with Gasteiger partial charge in [-0.05, 0) is 43.7 Å². The molecule has 2 heterocycles. The van der Waals surface area contributed by atoms with Gasteiger partial charge in [-0.1, -0.05) is 13.3 Å². The van der Waals surface area contributed by atoms with Crippen molar-refractivity contribution < 1.29 is 17.8 Å². The first-order chi connectivity index (χ1) is 14.7. The van der Waals surface area contributed by atoms with Crippen molar-refractivity contribution in [3.05, 3.63) is 53.4 Å². The first kappa shape index (κ1) is 22.3. The van der Waals surface area contributed by atoms with Gasteiger partial charge in [-0.3, -0.25) is 14.0 Å². The smallest absolute Gasteiger partial charge is 0.301 e. The Bertz CT molecular complexity index is 1310. The summed E-state index contributed by atoms with van der Waals surface area (Å²) in [5, 5.41) is 14.4. The Morgan fingerprint density at radius 3 is 2.74 bits per heavy atom. The lowest BCUT2D eigenvalue weighted by molar-refractivity contribution is -0.121. The second kappa shape index (κ2) is 8.75. The van der Waals surface area contributed by atoms with E-state index in [0.29, 0.717) is 39.8 Å². The second-order valence-corrected chi connectivity index (χ2v) is 8.43. The Morgan fingerprint density at radius 2 is 2.10 bits per heavy atom. The van der Waals surface area contributed by atoms with Crippen LogP contribution in [0, 0.1) is 18.3 Å². The third-order valence-corrected chi connectivity index (χ3v) is 5.84. The van der Waals surface area contributed by atoms with E-state index < -0.39 is 16.2 Å². The number of aryl methyl sites for hydroxylation is 2. The molecule has 31 heavy (non-hydrogen) atoms. The van der Waals surface area contributed by atoms with Crippen LogP contribution in [-0.2, 0) is 22.1 Å². The van der Waals surface area contributed by atoms with Crippen LogP contribution < -0.4 is 0 Å². The normalized spacial score (nSPS) is 11.8. The van der Waals surface area contributed by atoms with Gasteiger partial charge in [-0.2, -0.15) is 18.8 Å². The summed E-state index contributed by atoms with van der Waals surface area (Å²) < 4.78 is 36.6. The van der Waals surface area contributed by atoms with Gasteiger partial charge in [-0.15, -0.1) is 0 Å². The minimum absolute atomic E-state index is 0.0964. The first-order valence-electron chi connectivity index (χ1n) is 9.69. The molecule has 0 unspecified atom stereocenters. The molecule has 0 aliphatic heterocycles. The molecule has 1 amide bonds. The number of nitrogens with zero attached hydrogens (tertiary/aromatic N) is 5. The minimum Gasteiger partial charge on any atom is -0.301 e. The van der Waals surface area contributed by atoms with E-state index in [2.05, 4.69) is 11.2 Å². The summed E-state index contributed by atoms with van der Waals surface area (Å²) in [7, 11) is -2.89. The van der Waals surface area contributed by atoms with Crippen molar-refractivity contribution in [1.82, 2.24) is 18.7 Å². The van der Waals surface area contributed by atoms with Gasteiger partial charge in [0.15, 0.2) is 0 Å². The van der Waals surface area contributed by atoms with Crippen molar-refractivity contribution in [2.45, 2.75) is 26.7 Å². The Balaban J connectivity index is 2.03. The van der Waals surface area contributed by atoms with Crippen LogP contribution in [0.1, 0.15) is 36.6 Å². The highest BCUT2D eigenvalue weighted by Gasteiger charge is 2.23. The third-order valence-electron chi connectivity index (χ3n) is 4.92. The summed E-state index contributed by atoms with van der Waals surface area (Å²) in [6, 6.07) is 9.33. The number of unbranched alkanes of at least 4 members (excludes halogenated alkanes) is 1. The molecule has 0 bridgehead atoms. The van der Waals surface area contributed by atoms with Crippen LogP contribution in [0.25, 0.3) is 22.8 Å². The van der Waals surface area contributed by atoms with E-state index in [1.165, 1.54) is 6.08 Å². The van der Waals surface area contributed by atoms with Crippen molar-refractivity contribution >= 4 is 33.2 Å². The Kier molecular flexibility index (Phi) is 6.29. The topological polar surface area (TPSA) is 121 Å². The van der Waals surface area contributed by atoms with Crippen LogP contribution >= 0.6 is 0 Å². The molecule has 0 radical (unpaired) electrons. The molecule has 2 aromatic heterocycles. The Labute approximate surface area is 180 Å². The van der Waals surface area contributed by atoms with Crippen molar-refractivity contribution in [2.75, 3.05) is 6.54 Å². The zero-order chi connectivity index (χ0) is 22.8. The SMILES string of the molecule is CCCCN(C(=O)/C=C/c1c(C)nn(C)c1-n1ccc2cc(C#N)ccc21)S(=O)(=O)O. The molecular formula is C21H23N5O4S. The molecule has 0 saturated carbocycles. The molecule has 0 saturated heterocycles. The predicted octanol–water partition coefficient (Wildman–Crippen LogP) is 2.99. The van der Waals surface area contributed by atoms with Gasteiger partial charge in [0, 0.05) is 36.8 Å². The predicted molar refractivity (Wildman–Crippen MR) is 117 cm³/mol. The van der Waals surface area contributed by atoms with Crippen molar-refractivity contribution in [2.24, 2.45) is 7.05 Å². The maximum absolute atomic E-state index is 12.5. The Hall–Kier alpha value is -3.42. The maximum atomic E-state index is 12.5. The fourth-order valence-electron chi connectivity index (χ4n) is 3.42. The maximum Gasteiger partial charge on any atom is 0.362 e. The van der Waals surface area contributed by atoms with Gasteiger partial charge in [0.25, 0.3) is 5.91 Å². The Morgan fingerprint density at radius 1 is 1.35 bits per heavy atom. The van der Waals surface area contributed by atoms with E-state index in [0.717, 1.165) is 17.0 Å². The number of nitriles is 1. The molecule has 9 nitrogen and oxygen atoms in total. The van der Waals surface area contributed by atoms with Gasteiger partial charge in [0.2, 0.25) is 0 Å². The fourth-order valence-corrected chi connectivity index (χ4v) is 4.07. The summed E-state index contributed by atoms with van der Waals surface area (Å²) in [6.45, 7) is 3.54. The molecule has 0 spiro atoms. The number of hydrogen-bond acceptors (Lipinski definition) is 5.